The van der Waals surface area contributed by atoms with E-state index in [1.807, 2.05) is 0 Å². The number of unbranched alkanes of at least 4 members (excludes halogenated alkanes) is 8. The van der Waals surface area contributed by atoms with Crippen LogP contribution in [0.3, 0.4) is 0 Å². The van der Waals surface area contributed by atoms with E-state index in [1.54, 1.807) is 0 Å². The molecule has 2 nitrogen and oxygen atoms in total. The van der Waals surface area contributed by atoms with Gasteiger partial charge in [-0.05, 0) is 154 Å². The molecule has 0 aromatic heterocycles. The third kappa shape index (κ3) is 10.5. The van der Waals surface area contributed by atoms with Crippen LogP contribution in [0.25, 0.3) is 0 Å². The minimum Gasteiger partial charge on any atom is -0.462 e. The molecular weight excluding hydrogens is 585 g/mol. The first kappa shape index (κ1) is 39.7. The molecule has 0 N–H and O–H groups in total. The summed E-state index contributed by atoms with van der Waals surface area (Å²) in [5.41, 5.74) is 1.03. The van der Waals surface area contributed by atoms with Crippen LogP contribution in [0.4, 0.5) is 0 Å². The van der Waals surface area contributed by atoms with Crippen molar-refractivity contribution in [3.63, 3.8) is 0 Å². The summed E-state index contributed by atoms with van der Waals surface area (Å²) in [5, 5.41) is 0. The lowest BCUT2D eigenvalue weighted by Crippen LogP contribution is -2.54. The smallest absolute Gasteiger partial charge is 0.306 e. The first-order valence-corrected chi connectivity index (χ1v) is 21.6. The van der Waals surface area contributed by atoms with Crippen LogP contribution in [0.15, 0.2) is 24.3 Å². The molecule has 0 spiro atoms. The Bertz CT molecular complexity index is 994. The molecule has 0 bridgehead atoms. The maximum absolute atomic E-state index is 12.8. The van der Waals surface area contributed by atoms with Crippen molar-refractivity contribution < 1.29 is 9.53 Å². The van der Waals surface area contributed by atoms with E-state index in [1.165, 1.54) is 109 Å². The van der Waals surface area contributed by atoms with Gasteiger partial charge in [0, 0.05) is 6.42 Å². The van der Waals surface area contributed by atoms with Crippen LogP contribution in [0.2, 0.25) is 0 Å². The zero-order valence-corrected chi connectivity index (χ0v) is 33.1. The second-order valence-corrected chi connectivity index (χ2v) is 18.5. The van der Waals surface area contributed by atoms with Crippen LogP contribution < -0.4 is 0 Å². The zero-order chi connectivity index (χ0) is 34.6. The fourth-order valence-electron chi connectivity index (χ4n) is 11.7. The Balaban J connectivity index is 1.12. The van der Waals surface area contributed by atoms with Gasteiger partial charge in [0.25, 0.3) is 0 Å². The van der Waals surface area contributed by atoms with E-state index in [0.717, 1.165) is 79.4 Å². The standard InChI is InChI=1S/C46H80O2/c1-8-9-10-11-12-13-14-15-16-17-18-19-20-21-22-23-44(47)48-39-30-32-45(6)38(34-39)26-27-40-42-29-28-41(46(42,7)33-31-43(40)45)37(5)25-24-36(4)35(2)3/h12-13,15-16,35-43H,8-11,14,17-34H2,1-7H3/b13-12-,16-15-/t36-,37-,38?,39+,40+,41-,42+,43+,45+,46-/m1/s1. The van der Waals surface area contributed by atoms with Crippen LogP contribution in [-0.2, 0) is 9.53 Å². The van der Waals surface area contributed by atoms with E-state index in [0.29, 0.717) is 17.3 Å². The number of fused-ring (bicyclic) bond motifs is 5. The fraction of sp³-hybridized carbons (Fsp3) is 0.891. The van der Waals surface area contributed by atoms with Gasteiger partial charge in [-0.25, -0.2) is 0 Å². The van der Waals surface area contributed by atoms with Crippen LogP contribution in [0.1, 0.15) is 196 Å². The van der Waals surface area contributed by atoms with Crippen molar-refractivity contribution in [2.45, 2.75) is 202 Å². The summed E-state index contributed by atoms with van der Waals surface area (Å²) < 4.78 is 6.17. The van der Waals surface area contributed by atoms with Gasteiger partial charge in [-0.1, -0.05) is 118 Å². The van der Waals surface area contributed by atoms with Crippen molar-refractivity contribution in [1.82, 2.24) is 0 Å². The minimum absolute atomic E-state index is 0.0744. The van der Waals surface area contributed by atoms with Gasteiger partial charge in [0.1, 0.15) is 6.10 Å². The second kappa shape index (κ2) is 19.5. The number of allylic oxidation sites excluding steroid dienone is 4. The number of carbonyl (C=O) groups is 1. The Morgan fingerprint density at radius 2 is 1.40 bits per heavy atom. The summed E-state index contributed by atoms with van der Waals surface area (Å²) in [4.78, 5) is 12.8. The van der Waals surface area contributed by atoms with Gasteiger partial charge in [-0.2, -0.15) is 0 Å². The van der Waals surface area contributed by atoms with Crippen molar-refractivity contribution in [2.75, 3.05) is 0 Å². The molecule has 4 saturated carbocycles. The SMILES string of the molecule is CCCCC/C=C\C/C=C\CCCCCCCC(=O)O[C@H]1CC[C@@]2(C)C(CC[C@H]3[C@@H]4CC[C@H]([C@H](C)CC[C@@H](C)C(C)C)[C@@]4(C)CC[C@@H]32)C1. The predicted octanol–water partition coefficient (Wildman–Crippen LogP) is 14.1. The van der Waals surface area contributed by atoms with Crippen molar-refractivity contribution in [1.29, 1.82) is 0 Å². The molecule has 4 fully saturated rings. The quantitative estimate of drug-likeness (QED) is 0.0735. The number of rotatable bonds is 20. The zero-order valence-electron chi connectivity index (χ0n) is 33.1. The molecule has 1 unspecified atom stereocenters. The van der Waals surface area contributed by atoms with Crippen molar-refractivity contribution in [3.05, 3.63) is 24.3 Å². The number of carbonyl (C=O) groups excluding carboxylic acids is 1. The number of ether oxygens (including phenoxy) is 1. The molecule has 0 aromatic carbocycles. The summed E-state index contributed by atoms with van der Waals surface area (Å²) in [5.74, 6) is 7.08. The maximum Gasteiger partial charge on any atom is 0.306 e. The fourth-order valence-corrected chi connectivity index (χ4v) is 11.7. The van der Waals surface area contributed by atoms with E-state index < -0.39 is 0 Å². The molecule has 0 radical (unpaired) electrons. The lowest BCUT2D eigenvalue weighted by atomic mass is 9.44. The molecule has 4 aliphatic carbocycles. The Morgan fingerprint density at radius 1 is 0.729 bits per heavy atom. The molecule has 0 aromatic rings. The topological polar surface area (TPSA) is 26.3 Å². The maximum atomic E-state index is 12.8. The molecule has 48 heavy (non-hydrogen) atoms. The average Bonchev–Trinajstić information content (AvgIpc) is 3.42. The van der Waals surface area contributed by atoms with E-state index in [9.17, 15) is 4.79 Å². The summed E-state index contributed by atoms with van der Waals surface area (Å²) in [6.45, 7) is 17.5. The molecule has 0 aliphatic heterocycles. The Labute approximate surface area is 299 Å². The summed E-state index contributed by atoms with van der Waals surface area (Å²) in [7, 11) is 0. The first-order valence-electron chi connectivity index (χ1n) is 21.6. The third-order valence-corrected chi connectivity index (χ3v) is 15.2. The lowest BCUT2D eigenvalue weighted by molar-refractivity contribution is -0.162. The summed E-state index contributed by atoms with van der Waals surface area (Å²) >= 11 is 0. The van der Waals surface area contributed by atoms with Crippen molar-refractivity contribution >= 4 is 5.97 Å². The van der Waals surface area contributed by atoms with E-state index in [-0.39, 0.29) is 12.1 Å². The number of hydrogen-bond donors (Lipinski definition) is 0. The predicted molar refractivity (Wildman–Crippen MR) is 207 cm³/mol. The van der Waals surface area contributed by atoms with Crippen LogP contribution in [-0.4, -0.2) is 12.1 Å². The number of esters is 1. The highest BCUT2D eigenvalue weighted by Crippen LogP contribution is 2.68. The average molecular weight is 665 g/mol. The van der Waals surface area contributed by atoms with Gasteiger partial charge in [0.15, 0.2) is 0 Å². The highest BCUT2D eigenvalue weighted by Gasteiger charge is 2.60. The second-order valence-electron chi connectivity index (χ2n) is 18.5. The summed E-state index contributed by atoms with van der Waals surface area (Å²) in [6.07, 6.45) is 38.5. The molecule has 276 valence electrons. The van der Waals surface area contributed by atoms with Gasteiger partial charge in [0.05, 0.1) is 0 Å². The van der Waals surface area contributed by atoms with Gasteiger partial charge in [0.2, 0.25) is 0 Å². The first-order chi connectivity index (χ1) is 23.1. The van der Waals surface area contributed by atoms with Crippen LogP contribution in [0, 0.1) is 58.2 Å². The molecule has 0 heterocycles. The van der Waals surface area contributed by atoms with Gasteiger partial charge in [-0.3, -0.25) is 4.79 Å². The van der Waals surface area contributed by atoms with Crippen molar-refractivity contribution in [2.24, 2.45) is 58.2 Å². The number of hydrogen-bond acceptors (Lipinski definition) is 2. The van der Waals surface area contributed by atoms with Gasteiger partial charge in [-0.15, -0.1) is 0 Å². The van der Waals surface area contributed by atoms with Crippen molar-refractivity contribution in [3.8, 4) is 0 Å². The normalized spacial score (nSPS) is 34.7. The third-order valence-electron chi connectivity index (χ3n) is 15.2. The Morgan fingerprint density at radius 3 is 2.12 bits per heavy atom. The van der Waals surface area contributed by atoms with E-state index >= 15 is 0 Å². The summed E-state index contributed by atoms with van der Waals surface area (Å²) in [6, 6.07) is 0. The Hall–Kier alpha value is -1.05. The minimum atomic E-state index is 0.0744. The van der Waals surface area contributed by atoms with Gasteiger partial charge >= 0.3 is 5.97 Å². The molecule has 10 atom stereocenters. The van der Waals surface area contributed by atoms with E-state index in [4.69, 9.17) is 4.74 Å². The highest BCUT2D eigenvalue weighted by molar-refractivity contribution is 5.69. The highest BCUT2D eigenvalue weighted by atomic mass is 16.5. The molecule has 4 aliphatic rings. The molecule has 2 heteroatoms. The molecule has 0 saturated heterocycles. The monoisotopic (exact) mass is 665 g/mol. The van der Waals surface area contributed by atoms with Crippen LogP contribution >= 0.6 is 0 Å². The van der Waals surface area contributed by atoms with E-state index in [2.05, 4.69) is 72.8 Å². The molecule has 0 amide bonds. The van der Waals surface area contributed by atoms with Crippen LogP contribution in [0.5, 0.6) is 0 Å². The molecule has 4 rings (SSSR count). The Kier molecular flexibility index (Phi) is 16.2. The van der Waals surface area contributed by atoms with Gasteiger partial charge < -0.3 is 4.74 Å². The molecular formula is C46H80O2. The lowest BCUT2D eigenvalue weighted by Gasteiger charge is -2.61. The largest absolute Gasteiger partial charge is 0.462 e.